The monoisotopic (exact) mass is 482 g/mol. The third kappa shape index (κ3) is 6.17. The van der Waals surface area contributed by atoms with Crippen LogP contribution in [0, 0.1) is 13.8 Å². The predicted molar refractivity (Wildman–Crippen MR) is 136 cm³/mol. The van der Waals surface area contributed by atoms with Crippen molar-refractivity contribution in [1.29, 1.82) is 0 Å². The van der Waals surface area contributed by atoms with Gasteiger partial charge in [0.05, 0.1) is 16.4 Å². The van der Waals surface area contributed by atoms with Crippen LogP contribution in [0.15, 0.2) is 48.5 Å². The molecule has 0 saturated carbocycles. The van der Waals surface area contributed by atoms with Crippen molar-refractivity contribution in [3.8, 4) is 5.75 Å². The van der Waals surface area contributed by atoms with Gasteiger partial charge in [-0.05, 0) is 69.0 Å². The highest BCUT2D eigenvalue weighted by molar-refractivity contribution is 6.34. The van der Waals surface area contributed by atoms with Gasteiger partial charge in [-0.3, -0.25) is 14.3 Å². The Kier molecular flexibility index (Phi) is 8.34. The minimum atomic E-state index is -0.500. The third-order valence-electron chi connectivity index (χ3n) is 5.72. The molecule has 3 aromatic rings. The number of halogens is 1. The molecule has 0 aliphatic rings. The SMILES string of the molecule is CCC(C)c1ccccc1OCC(=O)Nc1ccc(NC(=O)C(C)n2nc(C)cc2C)c(Cl)c1. The number of carbonyl (C=O) groups is 2. The Morgan fingerprint density at radius 2 is 1.82 bits per heavy atom. The second-order valence-electron chi connectivity index (χ2n) is 8.42. The number of aromatic nitrogens is 2. The van der Waals surface area contributed by atoms with Gasteiger partial charge in [-0.15, -0.1) is 0 Å². The summed E-state index contributed by atoms with van der Waals surface area (Å²) in [5, 5.41) is 10.3. The van der Waals surface area contributed by atoms with Crippen LogP contribution in [0.5, 0.6) is 5.75 Å². The quantitative estimate of drug-likeness (QED) is 0.398. The van der Waals surface area contributed by atoms with Gasteiger partial charge >= 0.3 is 0 Å². The molecular weight excluding hydrogens is 452 g/mol. The van der Waals surface area contributed by atoms with Crippen molar-refractivity contribution in [3.05, 3.63) is 70.5 Å². The molecule has 0 saturated heterocycles. The third-order valence-corrected chi connectivity index (χ3v) is 6.04. The molecule has 2 unspecified atom stereocenters. The van der Waals surface area contributed by atoms with Crippen molar-refractivity contribution in [2.24, 2.45) is 0 Å². The van der Waals surface area contributed by atoms with Crippen molar-refractivity contribution in [3.63, 3.8) is 0 Å². The van der Waals surface area contributed by atoms with Crippen molar-refractivity contribution in [2.75, 3.05) is 17.2 Å². The van der Waals surface area contributed by atoms with Crippen LogP contribution < -0.4 is 15.4 Å². The summed E-state index contributed by atoms with van der Waals surface area (Å²) in [5.74, 6) is 0.507. The first-order chi connectivity index (χ1) is 16.2. The molecule has 0 bridgehead atoms. The first-order valence-corrected chi connectivity index (χ1v) is 11.7. The van der Waals surface area contributed by atoms with E-state index in [1.54, 1.807) is 29.8 Å². The molecule has 2 amide bonds. The van der Waals surface area contributed by atoms with Crippen LogP contribution in [0.3, 0.4) is 0 Å². The van der Waals surface area contributed by atoms with Gasteiger partial charge in [0.1, 0.15) is 11.8 Å². The zero-order valence-corrected chi connectivity index (χ0v) is 20.9. The second-order valence-corrected chi connectivity index (χ2v) is 8.82. The summed E-state index contributed by atoms with van der Waals surface area (Å²) in [6.07, 6.45) is 0.980. The predicted octanol–water partition coefficient (Wildman–Crippen LogP) is 5.88. The minimum Gasteiger partial charge on any atom is -0.483 e. The molecule has 2 N–H and O–H groups in total. The Labute approximate surface area is 205 Å². The Morgan fingerprint density at radius 3 is 2.47 bits per heavy atom. The maximum Gasteiger partial charge on any atom is 0.262 e. The van der Waals surface area contributed by atoms with E-state index in [-0.39, 0.29) is 18.4 Å². The number of rotatable bonds is 9. The first-order valence-electron chi connectivity index (χ1n) is 11.3. The largest absolute Gasteiger partial charge is 0.483 e. The summed E-state index contributed by atoms with van der Waals surface area (Å²) < 4.78 is 7.44. The molecule has 34 heavy (non-hydrogen) atoms. The highest BCUT2D eigenvalue weighted by Gasteiger charge is 2.19. The van der Waals surface area contributed by atoms with E-state index in [0.717, 1.165) is 23.4 Å². The highest BCUT2D eigenvalue weighted by Crippen LogP contribution is 2.29. The van der Waals surface area contributed by atoms with Gasteiger partial charge in [-0.1, -0.05) is 43.6 Å². The minimum absolute atomic E-state index is 0.121. The number of para-hydroxylation sites is 1. The van der Waals surface area contributed by atoms with Gasteiger partial charge in [0.2, 0.25) is 5.91 Å². The lowest BCUT2D eigenvalue weighted by molar-refractivity contribution is -0.119. The fourth-order valence-electron chi connectivity index (χ4n) is 3.66. The number of aryl methyl sites for hydroxylation is 2. The molecule has 180 valence electrons. The highest BCUT2D eigenvalue weighted by atomic mass is 35.5. The van der Waals surface area contributed by atoms with Gasteiger partial charge in [0.25, 0.3) is 5.91 Å². The molecule has 8 heteroatoms. The van der Waals surface area contributed by atoms with Crippen LogP contribution in [0.1, 0.15) is 56.1 Å². The molecule has 1 aromatic heterocycles. The molecule has 0 radical (unpaired) electrons. The Hall–Kier alpha value is -3.32. The summed E-state index contributed by atoms with van der Waals surface area (Å²) in [6.45, 7) is 9.68. The van der Waals surface area contributed by atoms with E-state index < -0.39 is 6.04 Å². The number of nitrogens with zero attached hydrogens (tertiary/aromatic N) is 2. The van der Waals surface area contributed by atoms with Crippen LogP contribution >= 0.6 is 11.6 Å². The zero-order chi connectivity index (χ0) is 24.8. The average molecular weight is 483 g/mol. The van der Waals surface area contributed by atoms with Crippen LogP contribution in [-0.4, -0.2) is 28.2 Å². The number of carbonyl (C=O) groups excluding carboxylic acids is 2. The van der Waals surface area contributed by atoms with E-state index in [1.165, 1.54) is 0 Å². The fraction of sp³-hybridized carbons (Fsp3) is 0.346. The van der Waals surface area contributed by atoms with E-state index in [1.807, 2.05) is 44.2 Å². The lowest BCUT2D eigenvalue weighted by Crippen LogP contribution is -2.25. The van der Waals surface area contributed by atoms with Crippen molar-refractivity contribution < 1.29 is 14.3 Å². The molecule has 2 atom stereocenters. The summed E-state index contributed by atoms with van der Waals surface area (Å²) in [4.78, 5) is 25.1. The Morgan fingerprint density at radius 1 is 1.09 bits per heavy atom. The number of anilines is 2. The molecule has 1 heterocycles. The molecule has 0 aliphatic heterocycles. The fourth-order valence-corrected chi connectivity index (χ4v) is 3.89. The number of amides is 2. The van der Waals surface area contributed by atoms with Gasteiger partial charge < -0.3 is 15.4 Å². The topological polar surface area (TPSA) is 85.3 Å². The van der Waals surface area contributed by atoms with Gasteiger partial charge in [0.15, 0.2) is 6.61 Å². The summed E-state index contributed by atoms with van der Waals surface area (Å²) in [6, 6.07) is 14.1. The first kappa shape index (κ1) is 25.3. The number of hydrogen-bond acceptors (Lipinski definition) is 4. The Balaban J connectivity index is 1.59. The van der Waals surface area contributed by atoms with E-state index >= 15 is 0 Å². The number of ether oxygens (including phenoxy) is 1. The van der Waals surface area contributed by atoms with Crippen molar-refractivity contribution >= 4 is 34.8 Å². The van der Waals surface area contributed by atoms with E-state index in [2.05, 4.69) is 29.6 Å². The van der Waals surface area contributed by atoms with E-state index in [0.29, 0.717) is 28.1 Å². The normalized spacial score (nSPS) is 12.6. The van der Waals surface area contributed by atoms with Crippen LogP contribution in [0.4, 0.5) is 11.4 Å². The van der Waals surface area contributed by atoms with Gasteiger partial charge in [-0.25, -0.2) is 0 Å². The van der Waals surface area contributed by atoms with E-state index in [4.69, 9.17) is 16.3 Å². The van der Waals surface area contributed by atoms with Gasteiger partial charge in [-0.2, -0.15) is 5.10 Å². The van der Waals surface area contributed by atoms with Crippen LogP contribution in [0.25, 0.3) is 0 Å². The number of benzene rings is 2. The maximum absolute atomic E-state index is 12.7. The standard InChI is InChI=1S/C26H31ClN4O3/c1-6-16(2)21-9-7-8-10-24(21)34-15-25(32)28-20-11-12-23(22(27)14-20)29-26(33)19(5)31-18(4)13-17(3)30-31/h7-14,16,19H,6,15H2,1-5H3,(H,28,32)(H,29,33). The molecule has 0 aliphatic carbocycles. The lowest BCUT2D eigenvalue weighted by Gasteiger charge is -2.16. The number of nitrogens with one attached hydrogen (secondary N) is 2. The van der Waals surface area contributed by atoms with Gasteiger partial charge in [0, 0.05) is 11.4 Å². The molecule has 7 nitrogen and oxygen atoms in total. The molecule has 2 aromatic carbocycles. The molecule has 3 rings (SSSR count). The maximum atomic E-state index is 12.7. The van der Waals surface area contributed by atoms with Crippen LogP contribution in [0.2, 0.25) is 5.02 Å². The summed E-state index contributed by atoms with van der Waals surface area (Å²) in [5.41, 5.74) is 3.80. The average Bonchev–Trinajstić information content (AvgIpc) is 3.16. The smallest absolute Gasteiger partial charge is 0.262 e. The Bertz CT molecular complexity index is 1170. The summed E-state index contributed by atoms with van der Waals surface area (Å²) >= 11 is 6.37. The molecule has 0 spiro atoms. The second kappa shape index (κ2) is 11.2. The van der Waals surface area contributed by atoms with Crippen molar-refractivity contribution in [2.45, 2.75) is 53.0 Å². The zero-order valence-electron chi connectivity index (χ0n) is 20.2. The van der Waals surface area contributed by atoms with E-state index in [9.17, 15) is 9.59 Å². The number of hydrogen-bond donors (Lipinski definition) is 2. The molecule has 0 fully saturated rings. The summed E-state index contributed by atoms with van der Waals surface area (Å²) in [7, 11) is 0. The lowest BCUT2D eigenvalue weighted by atomic mass is 9.98. The van der Waals surface area contributed by atoms with Crippen molar-refractivity contribution in [1.82, 2.24) is 9.78 Å². The molecular formula is C26H31ClN4O3. The van der Waals surface area contributed by atoms with Crippen LogP contribution in [-0.2, 0) is 9.59 Å².